The van der Waals surface area contributed by atoms with Crippen molar-refractivity contribution >= 4 is 11.7 Å². The summed E-state index contributed by atoms with van der Waals surface area (Å²) in [5.74, 6) is 0.534. The van der Waals surface area contributed by atoms with E-state index in [9.17, 15) is 9.18 Å². The molecular weight excluding hydrogens is 383 g/mol. The summed E-state index contributed by atoms with van der Waals surface area (Å²) < 4.78 is 19.1. The molecule has 6 nitrogen and oxygen atoms in total. The molecule has 2 heterocycles. The lowest BCUT2D eigenvalue weighted by Crippen LogP contribution is -2.76. The van der Waals surface area contributed by atoms with Gasteiger partial charge >= 0.3 is 6.03 Å². The minimum absolute atomic E-state index is 0.00607. The molecule has 1 N–H and O–H groups in total. The number of aryl methyl sites for hydroxylation is 1. The Morgan fingerprint density at radius 2 is 2.10 bits per heavy atom. The molecule has 0 radical (unpaired) electrons. The first kappa shape index (κ1) is 20.7. The second-order valence-corrected chi connectivity index (χ2v) is 8.66. The van der Waals surface area contributed by atoms with Crippen molar-refractivity contribution in [2.24, 2.45) is 5.92 Å². The van der Waals surface area contributed by atoms with Crippen LogP contribution in [0.3, 0.4) is 0 Å². The van der Waals surface area contributed by atoms with Crippen LogP contribution in [-0.4, -0.2) is 45.2 Å². The molecule has 7 heteroatoms. The van der Waals surface area contributed by atoms with Crippen LogP contribution in [0.2, 0.25) is 0 Å². The van der Waals surface area contributed by atoms with Gasteiger partial charge in [-0.1, -0.05) is 13.0 Å². The maximum atomic E-state index is 13.3. The zero-order valence-electron chi connectivity index (χ0n) is 18.0. The molecule has 1 saturated heterocycles. The number of halogens is 1. The molecule has 2 aliphatic rings. The summed E-state index contributed by atoms with van der Waals surface area (Å²) in [6.07, 6.45) is 5.27. The number of hydrogen-bond donors (Lipinski definition) is 1. The van der Waals surface area contributed by atoms with Crippen molar-refractivity contribution in [3.63, 3.8) is 0 Å². The van der Waals surface area contributed by atoms with Gasteiger partial charge in [-0.2, -0.15) is 0 Å². The summed E-state index contributed by atoms with van der Waals surface area (Å²) in [7, 11) is 0. The minimum Gasteiger partial charge on any atom is -0.376 e. The number of likely N-dealkylation sites (tertiary alicyclic amines) is 1. The van der Waals surface area contributed by atoms with Crippen molar-refractivity contribution in [3.05, 3.63) is 42.0 Å². The van der Waals surface area contributed by atoms with Gasteiger partial charge in [0.2, 0.25) is 0 Å². The smallest absolute Gasteiger partial charge is 0.322 e. The van der Waals surface area contributed by atoms with Gasteiger partial charge in [0, 0.05) is 23.9 Å². The molecule has 4 rings (SSSR count). The molecule has 1 aliphatic carbocycles. The number of rotatable bonds is 5. The number of amides is 2. The zero-order chi connectivity index (χ0) is 21.5. The van der Waals surface area contributed by atoms with Crippen LogP contribution in [0.1, 0.15) is 45.6 Å². The summed E-state index contributed by atoms with van der Waals surface area (Å²) in [6, 6.07) is 5.78. The minimum atomic E-state index is -0.479. The summed E-state index contributed by atoms with van der Waals surface area (Å²) in [5.41, 5.74) is 2.15. The molecule has 1 aromatic carbocycles. The number of hydrogen-bond acceptors (Lipinski definition) is 4. The number of aromatic nitrogens is 2. The molecule has 0 spiro atoms. The average Bonchev–Trinajstić information content (AvgIpc) is 2.69. The first-order chi connectivity index (χ1) is 14.3. The summed E-state index contributed by atoms with van der Waals surface area (Å²) >= 11 is 0. The zero-order valence-corrected chi connectivity index (χ0v) is 18.0. The lowest BCUT2D eigenvalue weighted by molar-refractivity contribution is -0.162. The van der Waals surface area contributed by atoms with E-state index in [0.717, 1.165) is 42.8 Å². The Balaban J connectivity index is 1.56. The van der Waals surface area contributed by atoms with Crippen LogP contribution in [0.4, 0.5) is 14.9 Å². The molecule has 30 heavy (non-hydrogen) atoms. The molecular formula is C23H29FN4O2. The van der Waals surface area contributed by atoms with Crippen molar-refractivity contribution in [3.8, 4) is 11.4 Å². The number of carbonyl (C=O) groups excluding carboxylic acids is 1. The Morgan fingerprint density at radius 3 is 2.80 bits per heavy atom. The first-order valence-corrected chi connectivity index (χ1v) is 10.6. The third-order valence-electron chi connectivity index (χ3n) is 6.55. The quantitative estimate of drug-likeness (QED) is 0.767. The highest BCUT2D eigenvalue weighted by molar-refractivity contribution is 5.92. The topological polar surface area (TPSA) is 67.3 Å². The Kier molecular flexibility index (Phi) is 5.49. The third-order valence-corrected chi connectivity index (χ3v) is 6.55. The number of nitrogens with zero attached hydrogens (tertiary/aromatic N) is 3. The van der Waals surface area contributed by atoms with Crippen molar-refractivity contribution < 1.29 is 13.9 Å². The van der Waals surface area contributed by atoms with Gasteiger partial charge in [-0.25, -0.2) is 19.2 Å². The predicted molar refractivity (Wildman–Crippen MR) is 114 cm³/mol. The van der Waals surface area contributed by atoms with Gasteiger partial charge in [-0.15, -0.1) is 0 Å². The van der Waals surface area contributed by atoms with Crippen LogP contribution in [-0.2, 0) is 4.74 Å². The number of ether oxygens (including phenoxy) is 1. The van der Waals surface area contributed by atoms with E-state index >= 15 is 0 Å². The van der Waals surface area contributed by atoms with Gasteiger partial charge in [-0.3, -0.25) is 0 Å². The lowest BCUT2D eigenvalue weighted by Gasteiger charge is -2.65. The highest BCUT2D eigenvalue weighted by Crippen LogP contribution is 2.52. The Morgan fingerprint density at radius 1 is 1.37 bits per heavy atom. The molecule has 2 fully saturated rings. The normalized spacial score (nSPS) is 26.1. The van der Waals surface area contributed by atoms with E-state index in [1.165, 1.54) is 0 Å². The maximum Gasteiger partial charge on any atom is 0.322 e. The fourth-order valence-electron chi connectivity index (χ4n) is 5.25. The van der Waals surface area contributed by atoms with Crippen molar-refractivity contribution in [1.29, 1.82) is 0 Å². The van der Waals surface area contributed by atoms with Crippen LogP contribution < -0.4 is 5.32 Å². The molecule has 1 aliphatic heterocycles. The number of fused-ring (bicyclic) bond motifs is 2. The Labute approximate surface area is 176 Å². The standard InChI is InChI=1S/C23H29FN4O2/c1-5-30-16(4)23-10-14(2)8-19(11-23)28(23)22(29)27-18-7-6-15(3)20(9-18)21-25-12-17(24)13-26-21/h6-7,9,12-14,16,19H,5,8,10-11H2,1-4H3,(H,27,29)/t14-,16?,19?,23?/m1/s1. The van der Waals surface area contributed by atoms with Crippen molar-refractivity contribution in [1.82, 2.24) is 14.9 Å². The van der Waals surface area contributed by atoms with Crippen molar-refractivity contribution in [2.75, 3.05) is 11.9 Å². The Bertz CT molecular complexity index is 935. The monoisotopic (exact) mass is 412 g/mol. The van der Waals surface area contributed by atoms with Gasteiger partial charge in [-0.05, 0) is 63.6 Å². The molecule has 1 aromatic heterocycles. The van der Waals surface area contributed by atoms with Gasteiger partial charge in [0.05, 0.1) is 24.0 Å². The van der Waals surface area contributed by atoms with Crippen molar-refractivity contribution in [2.45, 2.75) is 64.6 Å². The molecule has 2 bridgehead atoms. The number of benzene rings is 1. The van der Waals surface area contributed by atoms with E-state index in [4.69, 9.17) is 4.74 Å². The number of carbonyl (C=O) groups is 1. The summed E-state index contributed by atoms with van der Waals surface area (Å²) in [6.45, 7) is 8.90. The molecule has 4 atom stereocenters. The molecule has 3 unspecified atom stereocenters. The fraction of sp³-hybridized carbons (Fsp3) is 0.522. The third kappa shape index (κ3) is 3.55. The fourth-order valence-corrected chi connectivity index (χ4v) is 5.25. The summed E-state index contributed by atoms with van der Waals surface area (Å²) in [5, 5.41) is 3.06. The number of piperidine rings is 1. The van der Waals surface area contributed by atoms with Gasteiger partial charge in [0.15, 0.2) is 11.6 Å². The molecule has 1 saturated carbocycles. The van der Waals surface area contributed by atoms with Gasteiger partial charge < -0.3 is 15.0 Å². The maximum absolute atomic E-state index is 13.3. The Hall–Kier alpha value is -2.54. The molecule has 2 aromatic rings. The number of nitrogens with one attached hydrogen (secondary N) is 1. The predicted octanol–water partition coefficient (Wildman–Crippen LogP) is 4.79. The van der Waals surface area contributed by atoms with Crippen LogP contribution in [0.15, 0.2) is 30.6 Å². The van der Waals surface area contributed by atoms with Crippen LogP contribution in [0, 0.1) is 18.7 Å². The second-order valence-electron chi connectivity index (χ2n) is 8.66. The molecule has 160 valence electrons. The first-order valence-electron chi connectivity index (χ1n) is 10.6. The van der Waals surface area contributed by atoms with E-state index in [0.29, 0.717) is 24.0 Å². The van der Waals surface area contributed by atoms with Crippen LogP contribution >= 0.6 is 0 Å². The van der Waals surface area contributed by atoms with E-state index in [2.05, 4.69) is 29.1 Å². The van der Waals surface area contributed by atoms with Gasteiger partial charge in [0.1, 0.15) is 0 Å². The highest BCUT2D eigenvalue weighted by Gasteiger charge is 2.61. The van der Waals surface area contributed by atoms with E-state index in [1.54, 1.807) is 0 Å². The average molecular weight is 413 g/mol. The van der Waals surface area contributed by atoms with E-state index < -0.39 is 5.82 Å². The van der Waals surface area contributed by atoms with Crippen LogP contribution in [0.25, 0.3) is 11.4 Å². The number of anilines is 1. The van der Waals surface area contributed by atoms with E-state index in [-0.39, 0.29) is 23.7 Å². The second kappa shape index (κ2) is 7.95. The summed E-state index contributed by atoms with van der Waals surface area (Å²) in [4.78, 5) is 23.4. The lowest BCUT2D eigenvalue weighted by atomic mass is 9.62. The van der Waals surface area contributed by atoms with Gasteiger partial charge in [0.25, 0.3) is 0 Å². The van der Waals surface area contributed by atoms with E-state index in [1.807, 2.05) is 36.9 Å². The SMILES string of the molecule is CCOC(C)C12CC(C[C@@H](C)C1)N2C(=O)Nc1ccc(C)c(-c2ncc(F)cn2)c1. The largest absolute Gasteiger partial charge is 0.376 e. The highest BCUT2D eigenvalue weighted by atomic mass is 19.1. The molecule has 2 amide bonds. The number of urea groups is 1. The van der Waals surface area contributed by atoms with Crippen LogP contribution in [0.5, 0.6) is 0 Å².